The van der Waals surface area contributed by atoms with E-state index in [-0.39, 0.29) is 11.3 Å². The maximum Gasteiger partial charge on any atom is 0.301 e. The summed E-state index contributed by atoms with van der Waals surface area (Å²) in [5, 5.41) is 11.5. The fourth-order valence-electron chi connectivity index (χ4n) is 4.00. The number of aliphatic hydroxyl groups excluding tert-OH is 1. The van der Waals surface area contributed by atoms with Crippen LogP contribution >= 0.6 is 11.3 Å². The molecule has 0 saturated carbocycles. The maximum atomic E-state index is 13.3. The minimum atomic E-state index is -0.859. The van der Waals surface area contributed by atoms with E-state index in [2.05, 4.69) is 9.97 Å². The van der Waals surface area contributed by atoms with E-state index in [4.69, 9.17) is 4.74 Å². The molecule has 4 aromatic rings. The van der Waals surface area contributed by atoms with Crippen molar-refractivity contribution >= 4 is 44.1 Å². The van der Waals surface area contributed by atoms with Crippen LogP contribution in [-0.4, -0.2) is 33.4 Å². The molecule has 5 rings (SSSR count). The summed E-state index contributed by atoms with van der Waals surface area (Å²) in [6.07, 6.45) is 3.20. The number of carbonyl (C=O) groups is 2. The average molecular weight is 472 g/mol. The van der Waals surface area contributed by atoms with E-state index in [0.717, 1.165) is 10.3 Å². The molecule has 0 spiro atoms. The number of thiazole rings is 1. The number of nitrogens with zero attached hydrogens (tertiary/aromatic N) is 3. The van der Waals surface area contributed by atoms with Crippen LogP contribution in [0.1, 0.15) is 29.7 Å². The first kappa shape index (κ1) is 21.8. The highest BCUT2D eigenvalue weighted by Crippen LogP contribution is 2.44. The Balaban J connectivity index is 1.68. The number of pyridine rings is 1. The highest BCUT2D eigenvalue weighted by molar-refractivity contribution is 7.22. The van der Waals surface area contributed by atoms with E-state index in [1.165, 1.54) is 16.2 Å². The van der Waals surface area contributed by atoms with Gasteiger partial charge < -0.3 is 9.84 Å². The van der Waals surface area contributed by atoms with Crippen LogP contribution < -0.4 is 9.64 Å². The lowest BCUT2D eigenvalue weighted by Crippen LogP contribution is -2.29. The fraction of sp³-hybridized carbons (Fsp3) is 0.154. The van der Waals surface area contributed by atoms with Gasteiger partial charge in [0.15, 0.2) is 5.13 Å². The monoisotopic (exact) mass is 471 g/mol. The summed E-state index contributed by atoms with van der Waals surface area (Å²) in [6, 6.07) is 15.3. The molecular formula is C26H21N3O4S. The third kappa shape index (κ3) is 3.72. The van der Waals surface area contributed by atoms with Gasteiger partial charge >= 0.3 is 5.91 Å². The van der Waals surface area contributed by atoms with E-state index in [1.807, 2.05) is 44.2 Å². The standard InChI is InChI=1S/C26H21N3O4S/c1-3-33-18-10-11-19-20(13-18)34-26(28-19)29-22(17-5-4-12-27-14-17)21(24(31)25(29)32)23(30)16-8-6-15(2)7-9-16/h4-14,22,30H,3H2,1-2H3. The second-order valence-corrected chi connectivity index (χ2v) is 8.89. The molecule has 0 bridgehead atoms. The van der Waals surface area contributed by atoms with Crippen LogP contribution in [0.5, 0.6) is 5.75 Å². The molecule has 8 heteroatoms. The maximum absolute atomic E-state index is 13.3. The van der Waals surface area contributed by atoms with Gasteiger partial charge in [0.1, 0.15) is 11.5 Å². The van der Waals surface area contributed by atoms with Crippen LogP contribution in [0.2, 0.25) is 0 Å². The Bertz CT molecular complexity index is 1430. The Kier molecular flexibility index (Phi) is 5.59. The number of amides is 1. The van der Waals surface area contributed by atoms with Crippen molar-refractivity contribution in [3.63, 3.8) is 0 Å². The van der Waals surface area contributed by atoms with Crippen LogP contribution in [-0.2, 0) is 9.59 Å². The minimum Gasteiger partial charge on any atom is -0.507 e. The van der Waals surface area contributed by atoms with Gasteiger partial charge in [0.25, 0.3) is 5.78 Å². The lowest BCUT2D eigenvalue weighted by atomic mass is 9.96. The van der Waals surface area contributed by atoms with Crippen molar-refractivity contribution in [1.29, 1.82) is 0 Å². The number of anilines is 1. The SMILES string of the molecule is CCOc1ccc2nc(N3C(=O)C(=O)C(=C(O)c4ccc(C)cc4)C3c3cccnc3)sc2c1. The van der Waals surface area contributed by atoms with Crippen LogP contribution in [0.4, 0.5) is 5.13 Å². The smallest absolute Gasteiger partial charge is 0.301 e. The Morgan fingerprint density at radius 3 is 2.65 bits per heavy atom. The van der Waals surface area contributed by atoms with Crippen LogP contribution in [0, 0.1) is 6.92 Å². The molecule has 7 nitrogen and oxygen atoms in total. The van der Waals surface area contributed by atoms with E-state index in [0.29, 0.717) is 34.1 Å². The van der Waals surface area contributed by atoms with Gasteiger partial charge in [-0.15, -0.1) is 0 Å². The van der Waals surface area contributed by atoms with Gasteiger partial charge in [0.05, 0.1) is 28.4 Å². The predicted octanol–water partition coefficient (Wildman–Crippen LogP) is 5.02. The third-order valence-corrected chi connectivity index (χ3v) is 6.65. The fourth-order valence-corrected chi connectivity index (χ4v) is 5.02. The number of hydrogen-bond donors (Lipinski definition) is 1. The molecule has 1 fully saturated rings. The molecule has 1 aliphatic rings. The molecule has 3 heterocycles. The Hall–Kier alpha value is -4.04. The van der Waals surface area contributed by atoms with Crippen molar-refractivity contribution in [3.05, 3.63) is 89.3 Å². The Morgan fingerprint density at radius 2 is 1.94 bits per heavy atom. The highest BCUT2D eigenvalue weighted by Gasteiger charge is 2.48. The second-order valence-electron chi connectivity index (χ2n) is 7.88. The number of carbonyl (C=O) groups excluding carboxylic acids is 2. The zero-order valence-corrected chi connectivity index (χ0v) is 19.4. The molecule has 34 heavy (non-hydrogen) atoms. The quantitative estimate of drug-likeness (QED) is 0.249. The molecular weight excluding hydrogens is 450 g/mol. The number of benzene rings is 2. The van der Waals surface area contributed by atoms with Gasteiger partial charge in [-0.3, -0.25) is 19.5 Å². The number of ketones is 1. The summed E-state index contributed by atoms with van der Waals surface area (Å²) in [6.45, 7) is 4.37. The van der Waals surface area contributed by atoms with Gasteiger partial charge in [-0.1, -0.05) is 47.2 Å². The Morgan fingerprint density at radius 1 is 1.15 bits per heavy atom. The Labute approximate surface area is 200 Å². The van der Waals surface area contributed by atoms with Crippen molar-refractivity contribution in [1.82, 2.24) is 9.97 Å². The van der Waals surface area contributed by atoms with Crippen molar-refractivity contribution < 1.29 is 19.4 Å². The topological polar surface area (TPSA) is 92.6 Å². The number of ether oxygens (including phenoxy) is 1. The third-order valence-electron chi connectivity index (χ3n) is 5.64. The first-order chi connectivity index (χ1) is 16.5. The number of aryl methyl sites for hydroxylation is 1. The van der Waals surface area contributed by atoms with Gasteiger partial charge in [0, 0.05) is 18.0 Å². The normalized spacial score (nSPS) is 17.5. The molecule has 2 aromatic carbocycles. The lowest BCUT2D eigenvalue weighted by Gasteiger charge is -2.22. The largest absolute Gasteiger partial charge is 0.507 e. The molecule has 1 atom stereocenters. The van der Waals surface area contributed by atoms with Gasteiger partial charge in [-0.25, -0.2) is 4.98 Å². The first-order valence-electron chi connectivity index (χ1n) is 10.8. The highest BCUT2D eigenvalue weighted by atomic mass is 32.1. The number of rotatable bonds is 5. The summed E-state index contributed by atoms with van der Waals surface area (Å²) < 4.78 is 6.40. The summed E-state index contributed by atoms with van der Waals surface area (Å²) in [5.41, 5.74) is 2.78. The van der Waals surface area contributed by atoms with Crippen LogP contribution in [0.3, 0.4) is 0 Å². The number of aromatic nitrogens is 2. The van der Waals surface area contributed by atoms with Crippen LogP contribution in [0.15, 0.2) is 72.6 Å². The molecule has 1 amide bonds. The average Bonchev–Trinajstić information content (AvgIpc) is 3.38. The lowest BCUT2D eigenvalue weighted by molar-refractivity contribution is -0.132. The molecule has 170 valence electrons. The number of fused-ring (bicyclic) bond motifs is 1. The molecule has 1 N–H and O–H groups in total. The number of aliphatic hydroxyl groups is 1. The van der Waals surface area contributed by atoms with Crippen molar-refractivity contribution in [2.45, 2.75) is 19.9 Å². The molecule has 0 radical (unpaired) electrons. The molecule has 1 aliphatic heterocycles. The van der Waals surface area contributed by atoms with Gasteiger partial charge in [-0.05, 0) is 43.7 Å². The molecule has 1 unspecified atom stereocenters. The summed E-state index contributed by atoms with van der Waals surface area (Å²) in [7, 11) is 0. The second kappa shape index (κ2) is 8.72. The van der Waals surface area contributed by atoms with E-state index in [9.17, 15) is 14.7 Å². The van der Waals surface area contributed by atoms with E-state index < -0.39 is 17.7 Å². The van der Waals surface area contributed by atoms with Gasteiger partial charge in [0.2, 0.25) is 0 Å². The van der Waals surface area contributed by atoms with Crippen LogP contribution in [0.25, 0.3) is 16.0 Å². The summed E-state index contributed by atoms with van der Waals surface area (Å²) in [4.78, 5) is 36.7. The van der Waals surface area contributed by atoms with Crippen molar-refractivity contribution in [3.8, 4) is 5.75 Å². The van der Waals surface area contributed by atoms with Gasteiger partial charge in [-0.2, -0.15) is 0 Å². The van der Waals surface area contributed by atoms with E-state index >= 15 is 0 Å². The zero-order valence-electron chi connectivity index (χ0n) is 18.6. The minimum absolute atomic E-state index is 0.0103. The van der Waals surface area contributed by atoms with E-state index in [1.54, 1.807) is 36.7 Å². The zero-order chi connectivity index (χ0) is 23.8. The number of Topliss-reactive ketones (excluding diaryl/α,β-unsaturated/α-hetero) is 1. The van der Waals surface area contributed by atoms with Crippen molar-refractivity contribution in [2.24, 2.45) is 0 Å². The summed E-state index contributed by atoms with van der Waals surface area (Å²) >= 11 is 1.29. The predicted molar refractivity (Wildman–Crippen MR) is 131 cm³/mol. The first-order valence-corrected chi connectivity index (χ1v) is 11.6. The molecule has 0 aliphatic carbocycles. The summed E-state index contributed by atoms with van der Waals surface area (Å²) in [5.74, 6) is -1.03. The number of hydrogen-bond acceptors (Lipinski definition) is 7. The molecule has 2 aromatic heterocycles. The van der Waals surface area contributed by atoms with Crippen molar-refractivity contribution in [2.75, 3.05) is 11.5 Å². The molecule has 1 saturated heterocycles.